The Morgan fingerprint density at radius 2 is 1.73 bits per heavy atom. The van der Waals surface area contributed by atoms with E-state index in [0.717, 1.165) is 15.6 Å². The van der Waals surface area contributed by atoms with E-state index in [-0.39, 0.29) is 17.8 Å². The second-order valence-electron chi connectivity index (χ2n) is 6.60. The fraction of sp³-hybridized carbons (Fsp3) is 0.0435. The van der Waals surface area contributed by atoms with E-state index in [1.54, 1.807) is 30.5 Å². The maximum absolute atomic E-state index is 12.9. The van der Waals surface area contributed by atoms with Gasteiger partial charge in [0, 0.05) is 9.86 Å². The maximum Gasteiger partial charge on any atom is 0.292 e. The van der Waals surface area contributed by atoms with E-state index in [0.29, 0.717) is 10.8 Å². The summed E-state index contributed by atoms with van der Waals surface area (Å²) in [6.07, 6.45) is 1.55. The third kappa shape index (κ3) is 4.36. The molecule has 3 aromatic carbocycles. The molecule has 1 heterocycles. The molecule has 0 spiro atoms. The van der Waals surface area contributed by atoms with Gasteiger partial charge in [0.05, 0.1) is 18.1 Å². The largest absolute Gasteiger partial charge is 0.292 e. The van der Waals surface area contributed by atoms with E-state index in [1.807, 2.05) is 54.6 Å². The lowest BCUT2D eigenvalue weighted by molar-refractivity contribution is 0.0949. The van der Waals surface area contributed by atoms with Gasteiger partial charge in [-0.05, 0) is 29.3 Å². The first-order chi connectivity index (χ1) is 14.6. The third-order valence-corrected chi connectivity index (χ3v) is 4.98. The lowest BCUT2D eigenvalue weighted by atomic mass is 10.1. The van der Waals surface area contributed by atoms with Crippen LogP contribution in [0.1, 0.15) is 21.6 Å². The number of carbonyl (C=O) groups excluding carboxylic acids is 1. The zero-order valence-corrected chi connectivity index (χ0v) is 17.4. The Balaban J connectivity index is 1.67. The average molecular weight is 461 g/mol. The molecule has 6 nitrogen and oxygen atoms in total. The summed E-state index contributed by atoms with van der Waals surface area (Å²) >= 11 is 3.40. The van der Waals surface area contributed by atoms with Gasteiger partial charge in [-0.15, -0.1) is 0 Å². The zero-order chi connectivity index (χ0) is 20.9. The van der Waals surface area contributed by atoms with Crippen molar-refractivity contribution < 1.29 is 4.79 Å². The summed E-state index contributed by atoms with van der Waals surface area (Å²) in [5.41, 5.74) is 4.15. The Bertz CT molecular complexity index is 1300. The van der Waals surface area contributed by atoms with Crippen molar-refractivity contribution in [1.82, 2.24) is 15.2 Å². The number of nitrogens with zero attached hydrogens (tertiary/aromatic N) is 3. The number of hydrogen-bond acceptors (Lipinski definition) is 4. The maximum atomic E-state index is 12.9. The second-order valence-corrected chi connectivity index (χ2v) is 7.51. The average Bonchev–Trinajstić information content (AvgIpc) is 2.76. The van der Waals surface area contributed by atoms with Gasteiger partial charge >= 0.3 is 0 Å². The van der Waals surface area contributed by atoms with Crippen LogP contribution in [-0.2, 0) is 6.54 Å². The molecule has 7 heteroatoms. The molecule has 4 aromatic rings. The molecule has 0 saturated heterocycles. The normalized spacial score (nSPS) is 11.1. The lowest BCUT2D eigenvalue weighted by Gasteiger charge is -2.10. The van der Waals surface area contributed by atoms with Crippen LogP contribution in [0.15, 0.2) is 93.2 Å². The minimum Gasteiger partial charge on any atom is -0.267 e. The van der Waals surface area contributed by atoms with Crippen LogP contribution in [-0.4, -0.2) is 21.9 Å². The van der Waals surface area contributed by atoms with Gasteiger partial charge in [-0.25, -0.2) is 10.1 Å². The number of nitrogens with one attached hydrogen (secondary N) is 1. The Morgan fingerprint density at radius 3 is 2.50 bits per heavy atom. The van der Waals surface area contributed by atoms with Crippen molar-refractivity contribution in [3.63, 3.8) is 0 Å². The topological polar surface area (TPSA) is 76.3 Å². The molecule has 1 aromatic heterocycles. The predicted octanol–water partition coefficient (Wildman–Crippen LogP) is 3.97. The first-order valence-corrected chi connectivity index (χ1v) is 10.0. The summed E-state index contributed by atoms with van der Waals surface area (Å²) in [7, 11) is 0. The van der Waals surface area contributed by atoms with Crippen molar-refractivity contribution in [1.29, 1.82) is 0 Å². The second kappa shape index (κ2) is 8.84. The Labute approximate surface area is 181 Å². The minimum atomic E-state index is -0.487. The standard InChI is InChI=1S/C23H17BrN4O2/c24-18-10-6-9-17(13-18)14-25-26-22(29)21-19-11-4-5-12-20(19)23(30)28(27-21)15-16-7-2-1-3-8-16/h1-14H,15H2,(H,26,29)/b25-14+. The van der Waals surface area contributed by atoms with Crippen molar-refractivity contribution in [3.8, 4) is 0 Å². The molecule has 4 rings (SSSR count). The summed E-state index contributed by atoms with van der Waals surface area (Å²) in [5.74, 6) is -0.487. The number of fused-ring (bicyclic) bond motifs is 1. The van der Waals surface area contributed by atoms with E-state index in [9.17, 15) is 9.59 Å². The van der Waals surface area contributed by atoms with Crippen molar-refractivity contribution in [2.45, 2.75) is 6.54 Å². The smallest absolute Gasteiger partial charge is 0.267 e. The predicted molar refractivity (Wildman–Crippen MR) is 121 cm³/mol. The van der Waals surface area contributed by atoms with Crippen molar-refractivity contribution >= 4 is 38.8 Å². The highest BCUT2D eigenvalue weighted by Gasteiger charge is 2.16. The highest BCUT2D eigenvalue weighted by Crippen LogP contribution is 2.14. The van der Waals surface area contributed by atoms with E-state index in [2.05, 4.69) is 31.6 Å². The molecule has 0 aliphatic rings. The van der Waals surface area contributed by atoms with Crippen molar-refractivity contribution in [2.24, 2.45) is 5.10 Å². The number of rotatable bonds is 5. The molecule has 148 valence electrons. The first-order valence-electron chi connectivity index (χ1n) is 9.24. The monoisotopic (exact) mass is 460 g/mol. The molecule has 30 heavy (non-hydrogen) atoms. The van der Waals surface area contributed by atoms with Crippen LogP contribution in [0.4, 0.5) is 0 Å². The Hall–Kier alpha value is -3.58. The Morgan fingerprint density at radius 1 is 1.00 bits per heavy atom. The summed E-state index contributed by atoms with van der Waals surface area (Å²) < 4.78 is 2.23. The third-order valence-electron chi connectivity index (χ3n) is 4.49. The molecule has 0 bridgehead atoms. The number of halogens is 1. The molecular formula is C23H17BrN4O2. The summed E-state index contributed by atoms with van der Waals surface area (Å²) in [5, 5.41) is 9.30. The van der Waals surface area contributed by atoms with Gasteiger partial charge in [-0.2, -0.15) is 10.2 Å². The van der Waals surface area contributed by atoms with E-state index in [4.69, 9.17) is 0 Å². The lowest BCUT2D eigenvalue weighted by Crippen LogP contribution is -2.29. The number of hydrazone groups is 1. The van der Waals surface area contributed by atoms with E-state index in [1.165, 1.54) is 4.68 Å². The van der Waals surface area contributed by atoms with Gasteiger partial charge in [0.1, 0.15) is 0 Å². The van der Waals surface area contributed by atoms with Gasteiger partial charge in [-0.3, -0.25) is 9.59 Å². The number of benzene rings is 3. The highest BCUT2D eigenvalue weighted by atomic mass is 79.9. The van der Waals surface area contributed by atoms with Gasteiger partial charge in [0.15, 0.2) is 5.69 Å². The van der Waals surface area contributed by atoms with Crippen LogP contribution in [0.2, 0.25) is 0 Å². The molecule has 1 amide bonds. The number of aromatic nitrogens is 2. The molecule has 0 radical (unpaired) electrons. The fourth-order valence-corrected chi connectivity index (χ4v) is 3.49. The molecule has 0 atom stereocenters. The molecule has 1 N–H and O–H groups in total. The summed E-state index contributed by atoms with van der Waals surface area (Å²) in [4.78, 5) is 25.7. The van der Waals surface area contributed by atoms with Crippen molar-refractivity contribution in [3.05, 3.63) is 111 Å². The zero-order valence-electron chi connectivity index (χ0n) is 15.8. The summed E-state index contributed by atoms with van der Waals surface area (Å²) in [6, 6.07) is 24.0. The Kier molecular flexibility index (Phi) is 5.81. The van der Waals surface area contributed by atoms with Crippen LogP contribution in [0, 0.1) is 0 Å². The molecule has 0 fully saturated rings. The molecule has 0 aliphatic carbocycles. The molecule has 0 aliphatic heterocycles. The van der Waals surface area contributed by atoms with Crippen LogP contribution < -0.4 is 11.0 Å². The number of carbonyl (C=O) groups is 1. The SMILES string of the molecule is O=C(N/N=C/c1cccc(Br)c1)c1nn(Cc2ccccc2)c(=O)c2ccccc12. The highest BCUT2D eigenvalue weighted by molar-refractivity contribution is 9.10. The van der Waals surface area contributed by atoms with Crippen LogP contribution >= 0.6 is 15.9 Å². The fourth-order valence-electron chi connectivity index (χ4n) is 3.07. The van der Waals surface area contributed by atoms with Crippen LogP contribution in [0.5, 0.6) is 0 Å². The van der Waals surface area contributed by atoms with Gasteiger partial charge in [0.25, 0.3) is 11.5 Å². The summed E-state index contributed by atoms with van der Waals surface area (Å²) in [6.45, 7) is 0.270. The molecule has 0 saturated carbocycles. The number of hydrogen-bond donors (Lipinski definition) is 1. The van der Waals surface area contributed by atoms with Gasteiger partial charge < -0.3 is 0 Å². The molecule has 0 unspecified atom stereocenters. The van der Waals surface area contributed by atoms with E-state index >= 15 is 0 Å². The van der Waals surface area contributed by atoms with Crippen molar-refractivity contribution in [2.75, 3.05) is 0 Å². The minimum absolute atomic E-state index is 0.146. The quantitative estimate of drug-likeness (QED) is 0.361. The van der Waals surface area contributed by atoms with Gasteiger partial charge in [0.2, 0.25) is 0 Å². The first kappa shape index (κ1) is 19.7. The van der Waals surface area contributed by atoms with Crippen LogP contribution in [0.3, 0.4) is 0 Å². The molecular weight excluding hydrogens is 444 g/mol. The van der Waals surface area contributed by atoms with Crippen LogP contribution in [0.25, 0.3) is 10.8 Å². The van der Waals surface area contributed by atoms with Gasteiger partial charge in [-0.1, -0.05) is 76.6 Å². The van der Waals surface area contributed by atoms with E-state index < -0.39 is 5.91 Å². The number of amides is 1.